The second-order valence-corrected chi connectivity index (χ2v) is 3.55. The van der Waals surface area contributed by atoms with Gasteiger partial charge in [-0.2, -0.15) is 5.26 Å². The third-order valence-electron chi connectivity index (χ3n) is 2.05. The lowest BCUT2D eigenvalue weighted by Crippen LogP contribution is -2.16. The van der Waals surface area contributed by atoms with Crippen LogP contribution in [-0.2, 0) is 14.3 Å². The largest absolute Gasteiger partial charge is 0.478 e. The summed E-state index contributed by atoms with van der Waals surface area (Å²) in [6.07, 6.45) is 2.03. The van der Waals surface area contributed by atoms with Crippen LogP contribution < -0.4 is 0 Å². The number of nitrogens with zero attached hydrogens (tertiary/aromatic N) is 1. The van der Waals surface area contributed by atoms with Crippen molar-refractivity contribution in [2.45, 2.75) is 32.8 Å². The molecule has 1 unspecified atom stereocenters. The van der Waals surface area contributed by atoms with Gasteiger partial charge in [0, 0.05) is 24.9 Å². The van der Waals surface area contributed by atoms with E-state index >= 15 is 0 Å². The molecule has 0 saturated heterocycles. The van der Waals surface area contributed by atoms with E-state index in [2.05, 4.69) is 0 Å². The zero-order chi connectivity index (χ0) is 13.1. The van der Waals surface area contributed by atoms with Crippen LogP contribution in [0.5, 0.6) is 0 Å². The molecule has 0 rings (SSSR count). The summed E-state index contributed by atoms with van der Waals surface area (Å²) in [7, 11) is 0. The highest BCUT2D eigenvalue weighted by atomic mass is 16.5. The van der Waals surface area contributed by atoms with Gasteiger partial charge in [0.1, 0.15) is 0 Å². The molecule has 1 atom stereocenters. The quantitative estimate of drug-likeness (QED) is 0.378. The van der Waals surface area contributed by atoms with Gasteiger partial charge < -0.3 is 14.6 Å². The van der Waals surface area contributed by atoms with Gasteiger partial charge in [-0.1, -0.05) is 0 Å². The molecule has 0 aliphatic heterocycles. The molecule has 0 radical (unpaired) electrons. The number of ether oxygens (including phenoxy) is 2. The summed E-state index contributed by atoms with van der Waals surface area (Å²) >= 11 is 0. The highest BCUT2D eigenvalue weighted by Gasteiger charge is 2.06. The minimum Gasteiger partial charge on any atom is -0.478 e. The number of carboxylic acids is 1. The van der Waals surface area contributed by atoms with Gasteiger partial charge in [-0.15, -0.1) is 0 Å². The lowest BCUT2D eigenvalue weighted by molar-refractivity contribution is -0.132. The monoisotopic (exact) mass is 241 g/mol. The molecule has 0 aromatic rings. The SMILES string of the molecule is CCOC(C)COCCCC(=CC#N)C(=O)O. The van der Waals surface area contributed by atoms with Gasteiger partial charge in [-0.05, 0) is 26.7 Å². The van der Waals surface area contributed by atoms with Crippen molar-refractivity contribution in [3.05, 3.63) is 11.6 Å². The van der Waals surface area contributed by atoms with Crippen LogP contribution >= 0.6 is 0 Å². The Morgan fingerprint density at radius 3 is 2.82 bits per heavy atom. The lowest BCUT2D eigenvalue weighted by atomic mass is 10.1. The number of carboxylic acid groups (broad SMARTS) is 1. The first-order valence-corrected chi connectivity index (χ1v) is 5.63. The van der Waals surface area contributed by atoms with Crippen molar-refractivity contribution < 1.29 is 19.4 Å². The lowest BCUT2D eigenvalue weighted by Gasteiger charge is -2.11. The van der Waals surface area contributed by atoms with E-state index in [1.165, 1.54) is 0 Å². The van der Waals surface area contributed by atoms with Crippen LogP contribution in [0.25, 0.3) is 0 Å². The third kappa shape index (κ3) is 8.43. The Kier molecular flexibility index (Phi) is 9.02. The smallest absolute Gasteiger partial charge is 0.332 e. The van der Waals surface area contributed by atoms with Crippen molar-refractivity contribution in [3.8, 4) is 6.07 Å². The van der Waals surface area contributed by atoms with Crippen LogP contribution in [0, 0.1) is 11.3 Å². The molecule has 0 aliphatic rings. The zero-order valence-corrected chi connectivity index (χ0v) is 10.3. The van der Waals surface area contributed by atoms with E-state index in [-0.39, 0.29) is 11.7 Å². The molecule has 0 bridgehead atoms. The van der Waals surface area contributed by atoms with Gasteiger partial charge in [0.25, 0.3) is 0 Å². The van der Waals surface area contributed by atoms with Gasteiger partial charge >= 0.3 is 5.97 Å². The van der Waals surface area contributed by atoms with Crippen LogP contribution in [0.2, 0.25) is 0 Å². The highest BCUT2D eigenvalue weighted by molar-refractivity contribution is 5.87. The van der Waals surface area contributed by atoms with Crippen molar-refractivity contribution in [3.63, 3.8) is 0 Å². The molecule has 0 aromatic carbocycles. The number of rotatable bonds is 9. The van der Waals surface area contributed by atoms with Gasteiger partial charge in [0.2, 0.25) is 0 Å². The molecule has 0 amide bonds. The molecule has 5 heteroatoms. The highest BCUT2D eigenvalue weighted by Crippen LogP contribution is 2.05. The normalized spacial score (nSPS) is 13.1. The van der Waals surface area contributed by atoms with Crippen molar-refractivity contribution in [1.29, 1.82) is 5.26 Å². The van der Waals surface area contributed by atoms with E-state index in [1.807, 2.05) is 13.8 Å². The van der Waals surface area contributed by atoms with Crippen LogP contribution in [0.4, 0.5) is 0 Å². The zero-order valence-electron chi connectivity index (χ0n) is 10.3. The summed E-state index contributed by atoms with van der Waals surface area (Å²) in [6.45, 7) is 5.45. The minimum absolute atomic E-state index is 0.0496. The van der Waals surface area contributed by atoms with Crippen LogP contribution in [-0.4, -0.2) is 37.0 Å². The Morgan fingerprint density at radius 1 is 1.59 bits per heavy atom. The van der Waals surface area contributed by atoms with Crippen molar-refractivity contribution in [2.24, 2.45) is 0 Å². The maximum Gasteiger partial charge on any atom is 0.332 e. The maximum atomic E-state index is 10.7. The van der Waals surface area contributed by atoms with Crippen LogP contribution in [0.3, 0.4) is 0 Å². The predicted octanol–water partition coefficient (Wildman–Crippen LogP) is 1.74. The first kappa shape index (κ1) is 15.6. The van der Waals surface area contributed by atoms with Crippen LogP contribution in [0.15, 0.2) is 11.6 Å². The van der Waals surface area contributed by atoms with E-state index < -0.39 is 5.97 Å². The van der Waals surface area contributed by atoms with E-state index in [0.717, 1.165) is 6.08 Å². The van der Waals surface area contributed by atoms with Gasteiger partial charge in [-0.25, -0.2) is 4.79 Å². The molecular formula is C12H19NO4. The summed E-state index contributed by atoms with van der Waals surface area (Å²) in [5.41, 5.74) is 0.119. The molecule has 17 heavy (non-hydrogen) atoms. The second-order valence-electron chi connectivity index (χ2n) is 3.55. The van der Waals surface area contributed by atoms with E-state index in [4.69, 9.17) is 19.8 Å². The summed E-state index contributed by atoms with van der Waals surface area (Å²) in [5, 5.41) is 17.1. The minimum atomic E-state index is -1.05. The Bertz CT molecular complexity index is 293. The standard InChI is InChI=1S/C12H19NO4/c1-3-17-10(2)9-16-8-4-5-11(6-7-13)12(14)15/h6,10H,3-5,8-9H2,1-2H3,(H,14,15). The number of nitriles is 1. The number of hydrogen-bond donors (Lipinski definition) is 1. The van der Waals surface area contributed by atoms with Gasteiger partial charge in [0.05, 0.1) is 18.8 Å². The summed E-state index contributed by atoms with van der Waals surface area (Å²) in [5.74, 6) is -1.05. The number of hydrogen-bond acceptors (Lipinski definition) is 4. The number of carbonyl (C=O) groups is 1. The molecule has 96 valence electrons. The molecule has 0 aliphatic carbocycles. The average molecular weight is 241 g/mol. The molecule has 0 saturated carbocycles. The molecule has 1 N–H and O–H groups in total. The Balaban J connectivity index is 3.67. The molecule has 0 fully saturated rings. The summed E-state index contributed by atoms with van der Waals surface area (Å²) < 4.78 is 10.6. The Hall–Kier alpha value is -1.38. The fraction of sp³-hybridized carbons (Fsp3) is 0.667. The molecule has 0 spiro atoms. The van der Waals surface area contributed by atoms with Gasteiger partial charge in [-0.3, -0.25) is 0 Å². The van der Waals surface area contributed by atoms with Gasteiger partial charge in [0.15, 0.2) is 0 Å². The average Bonchev–Trinajstić information content (AvgIpc) is 2.27. The van der Waals surface area contributed by atoms with E-state index in [9.17, 15) is 4.79 Å². The van der Waals surface area contributed by atoms with E-state index in [1.54, 1.807) is 6.07 Å². The van der Waals surface area contributed by atoms with Crippen molar-refractivity contribution in [1.82, 2.24) is 0 Å². The Labute approximate surface area is 102 Å². The summed E-state index contributed by atoms with van der Waals surface area (Å²) in [6, 6.07) is 1.72. The fourth-order valence-electron chi connectivity index (χ4n) is 1.27. The fourth-order valence-corrected chi connectivity index (χ4v) is 1.27. The topological polar surface area (TPSA) is 79.5 Å². The molecule has 5 nitrogen and oxygen atoms in total. The van der Waals surface area contributed by atoms with E-state index in [0.29, 0.717) is 32.7 Å². The Morgan fingerprint density at radius 2 is 2.29 bits per heavy atom. The van der Waals surface area contributed by atoms with Crippen molar-refractivity contribution >= 4 is 5.97 Å². The summed E-state index contributed by atoms with van der Waals surface area (Å²) in [4.78, 5) is 10.7. The number of allylic oxidation sites excluding steroid dienone is 1. The number of aliphatic carboxylic acids is 1. The maximum absolute atomic E-state index is 10.7. The molecule has 0 heterocycles. The second kappa shape index (κ2) is 9.82. The van der Waals surface area contributed by atoms with Crippen molar-refractivity contribution in [2.75, 3.05) is 19.8 Å². The first-order chi connectivity index (χ1) is 8.11. The molecular weight excluding hydrogens is 222 g/mol. The first-order valence-electron chi connectivity index (χ1n) is 5.63. The predicted molar refractivity (Wildman–Crippen MR) is 62.5 cm³/mol. The third-order valence-corrected chi connectivity index (χ3v) is 2.05. The van der Waals surface area contributed by atoms with Crippen LogP contribution in [0.1, 0.15) is 26.7 Å². The molecule has 0 aromatic heterocycles.